The van der Waals surface area contributed by atoms with Crippen molar-refractivity contribution in [3.05, 3.63) is 82.4 Å². The minimum absolute atomic E-state index is 0.454. The van der Waals surface area contributed by atoms with E-state index in [2.05, 4.69) is 58.2 Å². The molecule has 0 spiro atoms. The number of nitrogens with one attached hydrogen (secondary N) is 1. The van der Waals surface area contributed by atoms with Crippen molar-refractivity contribution in [2.75, 3.05) is 11.8 Å². The largest absolute Gasteiger partial charge is 0.491 e. The number of methoxy groups -OCH3 is 1. The Labute approximate surface area is 211 Å². The molecule has 2 aromatic heterocycles. The van der Waals surface area contributed by atoms with Crippen LogP contribution in [0, 0.1) is 27.7 Å². The van der Waals surface area contributed by atoms with Crippen LogP contribution in [0.1, 0.15) is 40.8 Å². The highest BCUT2D eigenvalue weighted by Gasteiger charge is 2.14. The molecule has 0 saturated heterocycles. The van der Waals surface area contributed by atoms with Crippen LogP contribution in [0.4, 0.5) is 5.82 Å². The van der Waals surface area contributed by atoms with Crippen LogP contribution in [0.3, 0.4) is 0 Å². The molecule has 0 fully saturated rings. The van der Waals surface area contributed by atoms with Gasteiger partial charge in [0.1, 0.15) is 12.4 Å². The van der Waals surface area contributed by atoms with Crippen molar-refractivity contribution in [1.82, 2.24) is 10.1 Å². The van der Waals surface area contributed by atoms with Gasteiger partial charge in [0.2, 0.25) is 0 Å². The molecule has 182 valence electrons. The zero-order chi connectivity index (χ0) is 24.9. The summed E-state index contributed by atoms with van der Waals surface area (Å²) in [5.74, 6) is 2.97. The third-order valence-corrected chi connectivity index (χ3v) is 6.85. The summed E-state index contributed by atoms with van der Waals surface area (Å²) >= 11 is 1.54. The van der Waals surface area contributed by atoms with Crippen molar-refractivity contribution in [3.8, 4) is 22.6 Å². The van der Waals surface area contributed by atoms with Gasteiger partial charge in [-0.2, -0.15) is 0 Å². The van der Waals surface area contributed by atoms with Crippen molar-refractivity contribution < 1.29 is 14.0 Å². The second-order valence-electron chi connectivity index (χ2n) is 8.43. The lowest BCUT2D eigenvalue weighted by Crippen LogP contribution is -2.02. The van der Waals surface area contributed by atoms with Crippen LogP contribution in [0.2, 0.25) is 0 Å². The lowest BCUT2D eigenvalue weighted by atomic mass is 9.96. The monoisotopic (exact) mass is 489 g/mol. The highest BCUT2D eigenvalue weighted by molar-refractivity contribution is 8.00. The molecule has 35 heavy (non-hydrogen) atoms. The molecule has 0 amide bonds. The van der Waals surface area contributed by atoms with Crippen molar-refractivity contribution in [3.63, 3.8) is 0 Å². The Morgan fingerprint density at radius 3 is 2.51 bits per heavy atom. The van der Waals surface area contributed by atoms with Crippen molar-refractivity contribution in [1.29, 1.82) is 0 Å². The maximum absolute atomic E-state index is 6.15. The van der Waals surface area contributed by atoms with Crippen molar-refractivity contribution in [2.24, 2.45) is 0 Å². The quantitative estimate of drug-likeness (QED) is 0.249. The highest BCUT2D eigenvalue weighted by atomic mass is 32.2. The molecule has 2 aromatic carbocycles. The summed E-state index contributed by atoms with van der Waals surface area (Å²) in [5, 5.41) is 4.11. The van der Waals surface area contributed by atoms with E-state index in [1.807, 2.05) is 39.8 Å². The zero-order valence-corrected chi connectivity index (χ0v) is 21.9. The van der Waals surface area contributed by atoms with E-state index in [1.54, 1.807) is 19.1 Å². The van der Waals surface area contributed by atoms with Crippen molar-refractivity contribution >= 4 is 17.8 Å². The fourth-order valence-electron chi connectivity index (χ4n) is 3.98. The average Bonchev–Trinajstić information content (AvgIpc) is 3.18. The molecule has 0 aliphatic carbocycles. The first-order valence-corrected chi connectivity index (χ1v) is 12.4. The molecule has 7 heteroatoms. The summed E-state index contributed by atoms with van der Waals surface area (Å²) in [6, 6.07) is 16.8. The van der Waals surface area contributed by atoms with Gasteiger partial charge in [0.15, 0.2) is 17.3 Å². The number of hydrogen-bond donors (Lipinski definition) is 1. The summed E-state index contributed by atoms with van der Waals surface area (Å²) in [6.07, 6.45) is 0.911. The molecule has 0 aliphatic heterocycles. The predicted molar refractivity (Wildman–Crippen MR) is 141 cm³/mol. The van der Waals surface area contributed by atoms with Gasteiger partial charge in [0.05, 0.1) is 12.8 Å². The van der Waals surface area contributed by atoms with Gasteiger partial charge in [-0.15, -0.1) is 0 Å². The van der Waals surface area contributed by atoms with E-state index in [4.69, 9.17) is 14.0 Å². The van der Waals surface area contributed by atoms with Crippen LogP contribution >= 0.6 is 11.9 Å². The standard InChI is InChI=1S/C28H31N3O3S/c1-7-22-15-21(16-33-25-14-17(2)29-19(4)27(25)32-6)12-13-23(22)24-10-8-9-11-26(24)35-31-28-18(3)20(5)34-30-28/h8-15H,7,16H2,1-6H3,(H,30,31). The SMILES string of the molecule is CCc1cc(COc2cc(C)nc(C)c2OC)ccc1-c1ccccc1SNc1noc(C)c1C. The molecule has 0 radical (unpaired) electrons. The maximum Gasteiger partial charge on any atom is 0.182 e. The smallest absolute Gasteiger partial charge is 0.182 e. The topological polar surface area (TPSA) is 69.4 Å². The summed E-state index contributed by atoms with van der Waals surface area (Å²) in [6.45, 7) is 10.4. The predicted octanol–water partition coefficient (Wildman–Crippen LogP) is 7.24. The fraction of sp³-hybridized carbons (Fsp3) is 0.286. The normalized spacial score (nSPS) is 10.9. The first-order valence-electron chi connectivity index (χ1n) is 11.6. The summed E-state index contributed by atoms with van der Waals surface area (Å²) in [4.78, 5) is 5.58. The van der Waals surface area contributed by atoms with E-state index >= 15 is 0 Å². The van der Waals surface area contributed by atoms with E-state index in [-0.39, 0.29) is 0 Å². The van der Waals surface area contributed by atoms with Crippen LogP contribution in [-0.4, -0.2) is 17.3 Å². The van der Waals surface area contributed by atoms with Gasteiger partial charge in [-0.3, -0.25) is 4.98 Å². The Morgan fingerprint density at radius 2 is 1.80 bits per heavy atom. The summed E-state index contributed by atoms with van der Waals surface area (Å²) in [5.41, 5.74) is 7.51. The lowest BCUT2D eigenvalue weighted by molar-refractivity contribution is 0.282. The summed E-state index contributed by atoms with van der Waals surface area (Å²) < 4.78 is 20.3. The van der Waals surface area contributed by atoms with E-state index in [9.17, 15) is 0 Å². The molecule has 4 rings (SSSR count). The van der Waals surface area contributed by atoms with Crippen LogP contribution in [0.5, 0.6) is 11.5 Å². The van der Waals surface area contributed by atoms with Crippen molar-refractivity contribution in [2.45, 2.75) is 52.5 Å². The zero-order valence-electron chi connectivity index (χ0n) is 21.1. The van der Waals surface area contributed by atoms with Gasteiger partial charge in [-0.25, -0.2) is 0 Å². The van der Waals surface area contributed by atoms with Crippen LogP contribution in [-0.2, 0) is 13.0 Å². The lowest BCUT2D eigenvalue weighted by Gasteiger charge is -2.16. The maximum atomic E-state index is 6.15. The molecule has 0 atom stereocenters. The molecule has 0 saturated carbocycles. The van der Waals surface area contributed by atoms with Crippen LogP contribution in [0.15, 0.2) is 57.9 Å². The van der Waals surface area contributed by atoms with Gasteiger partial charge in [0, 0.05) is 22.2 Å². The minimum atomic E-state index is 0.454. The number of rotatable bonds is 9. The molecular weight excluding hydrogens is 458 g/mol. The van der Waals surface area contributed by atoms with Gasteiger partial charge < -0.3 is 18.7 Å². The molecule has 1 N–H and O–H groups in total. The Hall–Kier alpha value is -3.45. The number of benzene rings is 2. The number of aromatic nitrogens is 2. The average molecular weight is 490 g/mol. The first kappa shape index (κ1) is 24.7. The van der Waals surface area contributed by atoms with Crippen LogP contribution < -0.4 is 14.2 Å². The molecule has 6 nitrogen and oxygen atoms in total. The van der Waals surface area contributed by atoms with E-state index < -0.39 is 0 Å². The van der Waals surface area contributed by atoms with Gasteiger partial charge >= 0.3 is 0 Å². The van der Waals surface area contributed by atoms with E-state index in [0.717, 1.165) is 45.4 Å². The third kappa shape index (κ3) is 5.46. The number of hydrogen-bond acceptors (Lipinski definition) is 7. The Morgan fingerprint density at radius 1 is 1.00 bits per heavy atom. The molecular formula is C28H31N3O3S. The molecule has 2 heterocycles. The summed E-state index contributed by atoms with van der Waals surface area (Å²) in [7, 11) is 1.64. The number of anilines is 1. The Balaban J connectivity index is 1.56. The van der Waals surface area contributed by atoms with Gasteiger partial charge in [-0.1, -0.05) is 48.5 Å². The first-order chi connectivity index (χ1) is 16.9. The second kappa shape index (κ2) is 10.9. The van der Waals surface area contributed by atoms with Gasteiger partial charge in [0.25, 0.3) is 0 Å². The highest BCUT2D eigenvalue weighted by Crippen LogP contribution is 2.36. The van der Waals surface area contributed by atoms with E-state index in [1.165, 1.54) is 16.7 Å². The van der Waals surface area contributed by atoms with E-state index in [0.29, 0.717) is 18.1 Å². The van der Waals surface area contributed by atoms with Crippen LogP contribution in [0.25, 0.3) is 11.1 Å². The van der Waals surface area contributed by atoms with Gasteiger partial charge in [-0.05, 0) is 74.4 Å². The third-order valence-electron chi connectivity index (χ3n) is 5.98. The number of ether oxygens (including phenoxy) is 2. The fourth-order valence-corrected chi connectivity index (χ4v) is 4.82. The number of nitrogens with zero attached hydrogens (tertiary/aromatic N) is 2. The Kier molecular flexibility index (Phi) is 7.66. The molecule has 4 aromatic rings. The minimum Gasteiger partial charge on any atom is -0.491 e. The number of aryl methyl sites for hydroxylation is 4. The Bertz CT molecular complexity index is 1330. The molecule has 0 bridgehead atoms. The number of pyridine rings is 1. The molecule has 0 unspecified atom stereocenters. The molecule has 0 aliphatic rings. The second-order valence-corrected chi connectivity index (χ2v) is 9.27.